The van der Waals surface area contributed by atoms with Gasteiger partial charge in [-0.25, -0.2) is 0 Å². The summed E-state index contributed by atoms with van der Waals surface area (Å²) in [6, 6.07) is 8.18. The second kappa shape index (κ2) is 7.21. The van der Waals surface area contributed by atoms with Crippen LogP contribution in [0.2, 0.25) is 0 Å². The van der Waals surface area contributed by atoms with Crippen molar-refractivity contribution in [3.8, 4) is 11.5 Å². The van der Waals surface area contributed by atoms with E-state index >= 15 is 0 Å². The molecule has 126 valence electrons. The molecule has 1 saturated heterocycles. The van der Waals surface area contributed by atoms with E-state index in [0.717, 1.165) is 24.3 Å². The molecule has 1 aliphatic heterocycles. The molecule has 23 heavy (non-hydrogen) atoms. The van der Waals surface area contributed by atoms with E-state index in [0.29, 0.717) is 31.6 Å². The van der Waals surface area contributed by atoms with E-state index in [1.807, 2.05) is 24.3 Å². The molecule has 0 radical (unpaired) electrons. The molecular weight excluding hydrogens is 294 g/mol. The van der Waals surface area contributed by atoms with Crippen molar-refractivity contribution in [1.82, 2.24) is 4.90 Å². The van der Waals surface area contributed by atoms with Gasteiger partial charge in [0.2, 0.25) is 5.91 Å². The predicted molar refractivity (Wildman–Crippen MR) is 86.7 cm³/mol. The molecule has 3 atom stereocenters. The monoisotopic (exact) mass is 319 g/mol. The molecule has 0 N–H and O–H groups in total. The molecule has 1 aromatic rings. The molecule has 2 aliphatic rings. The van der Waals surface area contributed by atoms with E-state index in [-0.39, 0.29) is 11.9 Å². The molecule has 2 fully saturated rings. The number of likely N-dealkylation sites (tertiary alicyclic amines) is 1. The molecule has 0 aromatic heterocycles. The summed E-state index contributed by atoms with van der Waals surface area (Å²) in [5.41, 5.74) is 0. The van der Waals surface area contributed by atoms with Crippen LogP contribution in [-0.4, -0.2) is 50.3 Å². The van der Waals surface area contributed by atoms with E-state index in [2.05, 4.69) is 4.90 Å². The fourth-order valence-corrected chi connectivity index (χ4v) is 3.87. The van der Waals surface area contributed by atoms with Crippen LogP contribution in [0.4, 0.5) is 0 Å². The summed E-state index contributed by atoms with van der Waals surface area (Å²) >= 11 is 0. The minimum Gasteiger partial charge on any atom is -0.497 e. The van der Waals surface area contributed by atoms with Gasteiger partial charge in [0.05, 0.1) is 26.2 Å². The summed E-state index contributed by atoms with van der Waals surface area (Å²) in [5.74, 6) is 2.40. The Hall–Kier alpha value is -1.75. The number of nitrogens with zero attached hydrogens (tertiary/aromatic N) is 1. The van der Waals surface area contributed by atoms with Crippen LogP contribution in [0, 0.1) is 5.92 Å². The van der Waals surface area contributed by atoms with Gasteiger partial charge in [0.25, 0.3) is 0 Å². The topological polar surface area (TPSA) is 48.0 Å². The van der Waals surface area contributed by atoms with Crippen LogP contribution in [0.3, 0.4) is 0 Å². The van der Waals surface area contributed by atoms with Gasteiger partial charge in [0.1, 0.15) is 18.1 Å². The summed E-state index contributed by atoms with van der Waals surface area (Å²) < 4.78 is 16.1. The molecule has 0 spiro atoms. The van der Waals surface area contributed by atoms with Crippen LogP contribution in [0.15, 0.2) is 24.3 Å². The molecule has 5 heteroatoms. The number of benzene rings is 1. The highest BCUT2D eigenvalue weighted by Gasteiger charge is 2.47. The molecule has 1 aliphatic carbocycles. The number of amides is 1. The molecule has 2 bridgehead atoms. The first-order valence-corrected chi connectivity index (χ1v) is 8.30. The maximum atomic E-state index is 12.5. The molecule has 0 unspecified atom stereocenters. The lowest BCUT2D eigenvalue weighted by Crippen LogP contribution is -2.48. The number of hydrogen-bond acceptors (Lipinski definition) is 4. The van der Waals surface area contributed by atoms with E-state index in [1.165, 1.54) is 6.42 Å². The normalized spacial score (nSPS) is 25.7. The molecule has 3 rings (SSSR count). The third kappa shape index (κ3) is 3.44. The Balaban J connectivity index is 1.61. The zero-order valence-electron chi connectivity index (χ0n) is 13.9. The lowest BCUT2D eigenvalue weighted by atomic mass is 9.99. The number of rotatable bonds is 7. The fraction of sp³-hybridized carbons (Fsp3) is 0.611. The van der Waals surface area contributed by atoms with Gasteiger partial charge in [-0.05, 0) is 49.4 Å². The van der Waals surface area contributed by atoms with Gasteiger partial charge < -0.3 is 19.1 Å². The molecule has 5 nitrogen and oxygen atoms in total. The molecule has 1 amide bonds. The van der Waals surface area contributed by atoms with Gasteiger partial charge in [-0.2, -0.15) is 0 Å². The lowest BCUT2D eigenvalue weighted by Gasteiger charge is -2.35. The number of fused-ring (bicyclic) bond motifs is 2. The van der Waals surface area contributed by atoms with Crippen LogP contribution < -0.4 is 9.47 Å². The highest BCUT2D eigenvalue weighted by molar-refractivity contribution is 5.77. The Kier molecular flexibility index (Phi) is 5.06. The average molecular weight is 319 g/mol. The van der Waals surface area contributed by atoms with Crippen molar-refractivity contribution < 1.29 is 19.0 Å². The maximum absolute atomic E-state index is 12.5. The fourth-order valence-electron chi connectivity index (χ4n) is 3.87. The zero-order valence-corrected chi connectivity index (χ0v) is 13.9. The Labute approximate surface area is 137 Å². The van der Waals surface area contributed by atoms with Gasteiger partial charge in [0.15, 0.2) is 0 Å². The lowest BCUT2D eigenvalue weighted by molar-refractivity contribution is -0.137. The number of carbonyl (C=O) groups excluding carboxylic acids is 1. The summed E-state index contributed by atoms with van der Waals surface area (Å²) in [4.78, 5) is 14.5. The SMILES string of the molecule is COCCC(=O)N1[C@H]2CC[C@@H](C2)[C@H]1COc1ccc(OC)cc1. The second-order valence-corrected chi connectivity index (χ2v) is 6.32. The van der Waals surface area contributed by atoms with Crippen molar-refractivity contribution in [3.05, 3.63) is 24.3 Å². The summed E-state index contributed by atoms with van der Waals surface area (Å²) in [7, 11) is 3.28. The zero-order chi connectivity index (χ0) is 16.2. The Morgan fingerprint density at radius 3 is 2.61 bits per heavy atom. The first-order valence-electron chi connectivity index (χ1n) is 8.30. The molecule has 1 aromatic carbocycles. The van der Waals surface area contributed by atoms with Crippen LogP contribution in [-0.2, 0) is 9.53 Å². The van der Waals surface area contributed by atoms with Gasteiger partial charge in [-0.1, -0.05) is 0 Å². The van der Waals surface area contributed by atoms with Gasteiger partial charge >= 0.3 is 0 Å². The highest BCUT2D eigenvalue weighted by atomic mass is 16.5. The largest absolute Gasteiger partial charge is 0.497 e. The Bertz CT molecular complexity index is 530. The predicted octanol–water partition coefficient (Wildman–Crippen LogP) is 2.49. The molecule has 1 heterocycles. The van der Waals surface area contributed by atoms with Crippen molar-refractivity contribution >= 4 is 5.91 Å². The van der Waals surface area contributed by atoms with Crippen LogP contribution in [0.25, 0.3) is 0 Å². The van der Waals surface area contributed by atoms with Crippen molar-refractivity contribution in [2.45, 2.75) is 37.8 Å². The number of carbonyl (C=O) groups is 1. The van der Waals surface area contributed by atoms with E-state index in [1.54, 1.807) is 14.2 Å². The van der Waals surface area contributed by atoms with Crippen molar-refractivity contribution in [1.29, 1.82) is 0 Å². The van der Waals surface area contributed by atoms with Crippen LogP contribution in [0.5, 0.6) is 11.5 Å². The summed E-state index contributed by atoms with van der Waals surface area (Å²) in [6.07, 6.45) is 3.91. The third-order valence-corrected chi connectivity index (χ3v) is 5.03. The van der Waals surface area contributed by atoms with Crippen molar-refractivity contribution in [2.24, 2.45) is 5.92 Å². The highest BCUT2D eigenvalue weighted by Crippen LogP contribution is 2.42. The van der Waals surface area contributed by atoms with Crippen LogP contribution >= 0.6 is 0 Å². The minimum atomic E-state index is 0.195. The number of methoxy groups -OCH3 is 2. The Morgan fingerprint density at radius 2 is 1.91 bits per heavy atom. The first-order chi connectivity index (χ1) is 11.2. The van der Waals surface area contributed by atoms with Gasteiger partial charge in [-0.15, -0.1) is 0 Å². The third-order valence-electron chi connectivity index (χ3n) is 5.03. The van der Waals surface area contributed by atoms with E-state index < -0.39 is 0 Å². The first kappa shape index (κ1) is 16.1. The maximum Gasteiger partial charge on any atom is 0.225 e. The van der Waals surface area contributed by atoms with Gasteiger partial charge in [-0.3, -0.25) is 4.79 Å². The van der Waals surface area contributed by atoms with Gasteiger partial charge in [0, 0.05) is 13.2 Å². The minimum absolute atomic E-state index is 0.195. The standard InChI is InChI=1S/C18H25NO4/c1-21-10-9-18(20)19-14-4-3-13(11-14)17(19)12-23-16-7-5-15(22-2)6-8-16/h5-8,13-14,17H,3-4,9-12H2,1-2H3/t13-,14-,17+/m0/s1. The van der Waals surface area contributed by atoms with Crippen LogP contribution in [0.1, 0.15) is 25.7 Å². The van der Waals surface area contributed by atoms with Crippen molar-refractivity contribution in [3.63, 3.8) is 0 Å². The second-order valence-electron chi connectivity index (χ2n) is 6.32. The molecular formula is C18H25NO4. The number of ether oxygens (including phenoxy) is 3. The quantitative estimate of drug-likeness (QED) is 0.775. The van der Waals surface area contributed by atoms with E-state index in [4.69, 9.17) is 14.2 Å². The number of hydrogen-bond donors (Lipinski definition) is 0. The summed E-state index contributed by atoms with van der Waals surface area (Å²) in [6.45, 7) is 1.05. The van der Waals surface area contributed by atoms with Crippen molar-refractivity contribution in [2.75, 3.05) is 27.4 Å². The molecule has 1 saturated carbocycles. The summed E-state index contributed by atoms with van der Waals surface area (Å²) in [5, 5.41) is 0. The van der Waals surface area contributed by atoms with E-state index in [9.17, 15) is 4.79 Å². The average Bonchev–Trinajstić information content (AvgIpc) is 3.19. The number of piperidine rings is 1. The smallest absolute Gasteiger partial charge is 0.225 e. The Morgan fingerprint density at radius 1 is 1.17 bits per heavy atom.